The van der Waals surface area contributed by atoms with Gasteiger partial charge in [-0.1, -0.05) is 55.8 Å². The monoisotopic (exact) mass is 516 g/mol. The maximum atomic E-state index is 12.9. The van der Waals surface area contributed by atoms with Crippen LogP contribution in [0.3, 0.4) is 0 Å². The fraction of sp³-hybridized carbons (Fsp3) is 0.259. The molecular formula is C27H24ClF3N2O3. The van der Waals surface area contributed by atoms with Crippen LogP contribution in [-0.4, -0.2) is 18.6 Å². The van der Waals surface area contributed by atoms with E-state index in [4.69, 9.17) is 21.1 Å². The van der Waals surface area contributed by atoms with E-state index in [1.165, 1.54) is 6.07 Å². The highest BCUT2D eigenvalue weighted by molar-refractivity contribution is 6.33. The Morgan fingerprint density at radius 1 is 1.03 bits per heavy atom. The van der Waals surface area contributed by atoms with Crippen LogP contribution in [0.1, 0.15) is 30.9 Å². The Morgan fingerprint density at radius 2 is 1.67 bits per heavy atom. The molecule has 0 heterocycles. The Morgan fingerprint density at radius 3 is 2.22 bits per heavy atom. The molecule has 0 aromatic heterocycles. The van der Waals surface area contributed by atoms with Crippen LogP contribution in [-0.2, 0) is 15.7 Å². The van der Waals surface area contributed by atoms with Crippen LogP contribution >= 0.6 is 11.6 Å². The van der Waals surface area contributed by atoms with E-state index < -0.39 is 29.7 Å². The lowest BCUT2D eigenvalue weighted by molar-refractivity contribution is -0.144. The molecule has 9 heteroatoms. The van der Waals surface area contributed by atoms with E-state index in [0.717, 1.165) is 12.1 Å². The molecule has 2 atom stereocenters. The summed E-state index contributed by atoms with van der Waals surface area (Å²) in [5, 5.41) is 12.5. The second-order valence-electron chi connectivity index (χ2n) is 8.36. The minimum atomic E-state index is -4.51. The predicted molar refractivity (Wildman–Crippen MR) is 131 cm³/mol. The van der Waals surface area contributed by atoms with E-state index in [1.54, 1.807) is 36.4 Å². The summed E-state index contributed by atoms with van der Waals surface area (Å²) in [4.78, 5) is 12.7. The molecule has 36 heavy (non-hydrogen) atoms. The number of anilines is 1. The molecule has 0 fully saturated rings. The molecule has 0 spiro atoms. The van der Waals surface area contributed by atoms with Crippen molar-refractivity contribution in [2.75, 3.05) is 11.9 Å². The average molecular weight is 517 g/mol. The minimum absolute atomic E-state index is 0.0638. The Hall–Kier alpha value is -3.70. The molecule has 0 aliphatic rings. The number of ether oxygens (including phenoxy) is 2. The molecule has 0 bridgehead atoms. The van der Waals surface area contributed by atoms with Crippen LogP contribution < -0.4 is 10.1 Å². The first kappa shape index (κ1) is 26.9. The second kappa shape index (κ2) is 11.8. The van der Waals surface area contributed by atoms with Crippen molar-refractivity contribution < 1.29 is 27.4 Å². The summed E-state index contributed by atoms with van der Waals surface area (Å²) in [7, 11) is 0. The largest absolute Gasteiger partial charge is 0.462 e. The molecule has 0 radical (unpaired) electrons. The van der Waals surface area contributed by atoms with Crippen LogP contribution in [0.25, 0.3) is 0 Å². The number of esters is 1. The van der Waals surface area contributed by atoms with Crippen LogP contribution in [0.2, 0.25) is 5.02 Å². The number of carbonyl (C=O) groups is 1. The van der Waals surface area contributed by atoms with Gasteiger partial charge in [-0.15, -0.1) is 0 Å². The van der Waals surface area contributed by atoms with Gasteiger partial charge in [0.1, 0.15) is 18.1 Å². The summed E-state index contributed by atoms with van der Waals surface area (Å²) in [5.74, 6) is -0.751. The first-order chi connectivity index (χ1) is 17.1. The number of nitrogens with zero attached hydrogens (tertiary/aromatic N) is 1. The molecule has 5 nitrogen and oxygen atoms in total. The molecule has 0 unspecified atom stereocenters. The molecule has 0 saturated heterocycles. The first-order valence-corrected chi connectivity index (χ1v) is 11.5. The maximum Gasteiger partial charge on any atom is 0.416 e. The third-order valence-corrected chi connectivity index (χ3v) is 5.72. The lowest BCUT2D eigenvalue weighted by atomic mass is 10.0. The highest BCUT2D eigenvalue weighted by Crippen LogP contribution is 2.34. The number of halogens is 4. The molecule has 0 aliphatic carbocycles. The Bertz CT molecular complexity index is 1210. The van der Waals surface area contributed by atoms with E-state index in [0.29, 0.717) is 17.1 Å². The van der Waals surface area contributed by atoms with Gasteiger partial charge in [0, 0.05) is 0 Å². The SMILES string of the molecule is CC(C)[C@H](COC(=O)[C@@H](C#N)c1ccc(Oc2ccccc2)cc1)Nc1ccc(C(F)(F)F)cc1Cl. The summed E-state index contributed by atoms with van der Waals surface area (Å²) in [6.45, 7) is 3.61. The highest BCUT2D eigenvalue weighted by Gasteiger charge is 2.31. The Labute approximate surface area is 212 Å². The van der Waals surface area contributed by atoms with Gasteiger partial charge < -0.3 is 14.8 Å². The van der Waals surface area contributed by atoms with Crippen molar-refractivity contribution in [3.05, 3.63) is 88.9 Å². The van der Waals surface area contributed by atoms with Crippen molar-refractivity contribution in [2.45, 2.75) is 32.0 Å². The quantitative estimate of drug-likeness (QED) is 0.299. The molecule has 1 N–H and O–H groups in total. The third-order valence-electron chi connectivity index (χ3n) is 5.40. The lowest BCUT2D eigenvalue weighted by Gasteiger charge is -2.24. The van der Waals surface area contributed by atoms with Gasteiger partial charge in [-0.3, -0.25) is 4.79 Å². The fourth-order valence-corrected chi connectivity index (χ4v) is 3.52. The average Bonchev–Trinajstić information content (AvgIpc) is 2.84. The predicted octanol–water partition coefficient (Wildman–Crippen LogP) is 7.44. The molecular weight excluding hydrogens is 493 g/mol. The van der Waals surface area contributed by atoms with Gasteiger partial charge in [-0.25, -0.2) is 0 Å². The molecule has 3 rings (SSSR count). The number of benzene rings is 3. The van der Waals surface area contributed by atoms with Gasteiger partial charge in [0.15, 0.2) is 5.92 Å². The van der Waals surface area contributed by atoms with Crippen molar-refractivity contribution in [2.24, 2.45) is 5.92 Å². The van der Waals surface area contributed by atoms with Gasteiger partial charge in [-0.05, 0) is 53.9 Å². The summed E-state index contributed by atoms with van der Waals surface area (Å²) in [6.07, 6.45) is -4.51. The number of nitrogens with one attached hydrogen (secondary N) is 1. The van der Waals surface area contributed by atoms with Gasteiger partial charge in [0.2, 0.25) is 0 Å². The van der Waals surface area contributed by atoms with Crippen molar-refractivity contribution in [3.63, 3.8) is 0 Å². The molecule has 188 valence electrons. The van der Waals surface area contributed by atoms with Gasteiger partial charge in [-0.2, -0.15) is 18.4 Å². The number of hydrogen-bond donors (Lipinski definition) is 1. The van der Waals surface area contributed by atoms with Crippen molar-refractivity contribution in [1.82, 2.24) is 0 Å². The van der Waals surface area contributed by atoms with Crippen LogP contribution in [0, 0.1) is 17.2 Å². The van der Waals surface area contributed by atoms with Crippen molar-refractivity contribution in [1.29, 1.82) is 5.26 Å². The number of rotatable bonds is 9. The Kier molecular flexibility index (Phi) is 8.83. The Balaban J connectivity index is 1.63. The number of hydrogen-bond acceptors (Lipinski definition) is 5. The summed E-state index contributed by atoms with van der Waals surface area (Å²) < 4.78 is 49.8. The van der Waals surface area contributed by atoms with Crippen LogP contribution in [0.15, 0.2) is 72.8 Å². The minimum Gasteiger partial charge on any atom is -0.462 e. The van der Waals surface area contributed by atoms with E-state index >= 15 is 0 Å². The summed E-state index contributed by atoms with van der Waals surface area (Å²) >= 11 is 6.04. The van der Waals surface area contributed by atoms with E-state index in [9.17, 15) is 23.2 Å². The van der Waals surface area contributed by atoms with Gasteiger partial charge in [0.05, 0.1) is 28.4 Å². The van der Waals surface area contributed by atoms with E-state index in [2.05, 4.69) is 5.32 Å². The van der Waals surface area contributed by atoms with Gasteiger partial charge in [0.25, 0.3) is 0 Å². The zero-order valence-electron chi connectivity index (χ0n) is 19.6. The topological polar surface area (TPSA) is 71.4 Å². The van der Waals surface area contributed by atoms with E-state index in [1.807, 2.05) is 38.1 Å². The zero-order valence-corrected chi connectivity index (χ0v) is 20.3. The fourth-order valence-electron chi connectivity index (χ4n) is 3.28. The van der Waals surface area contributed by atoms with Crippen LogP contribution in [0.5, 0.6) is 11.5 Å². The second-order valence-corrected chi connectivity index (χ2v) is 8.77. The molecule has 0 aliphatic heterocycles. The van der Waals surface area contributed by atoms with Crippen LogP contribution in [0.4, 0.5) is 18.9 Å². The molecule has 3 aromatic rings. The number of alkyl halides is 3. The van der Waals surface area contributed by atoms with Crippen molar-refractivity contribution in [3.8, 4) is 17.6 Å². The summed E-state index contributed by atoms with van der Waals surface area (Å²) in [5.41, 5.74) is -0.129. The normalized spacial score (nSPS) is 12.9. The molecule has 0 saturated carbocycles. The smallest absolute Gasteiger partial charge is 0.416 e. The summed E-state index contributed by atoms with van der Waals surface area (Å²) in [6, 6.07) is 20.2. The first-order valence-electron chi connectivity index (χ1n) is 11.1. The maximum absolute atomic E-state index is 12.9. The standard InChI is InChI=1S/C27H24ClF3N2O3/c1-17(2)25(33-24-13-10-19(14-23(24)28)27(29,30)31)16-35-26(34)22(15-32)18-8-11-21(12-9-18)36-20-6-4-3-5-7-20/h3-14,17,22,25,33H,16H2,1-2H3/t22-,25-/m0/s1. The number of carbonyl (C=O) groups excluding carboxylic acids is 1. The highest BCUT2D eigenvalue weighted by atomic mass is 35.5. The molecule has 3 aromatic carbocycles. The zero-order chi connectivity index (χ0) is 26.3. The van der Waals surface area contributed by atoms with Gasteiger partial charge >= 0.3 is 12.1 Å². The van der Waals surface area contributed by atoms with Crippen molar-refractivity contribution >= 4 is 23.3 Å². The lowest BCUT2D eigenvalue weighted by Crippen LogP contribution is -2.33. The molecule has 0 amide bonds. The number of nitriles is 1. The van der Waals surface area contributed by atoms with E-state index in [-0.39, 0.29) is 23.2 Å². The third kappa shape index (κ3) is 7.15. The number of para-hydroxylation sites is 1.